The van der Waals surface area contributed by atoms with Crippen LogP contribution < -0.4 is 5.73 Å². The van der Waals surface area contributed by atoms with Gasteiger partial charge in [-0.25, -0.2) is 12.8 Å². The number of sulfone groups is 1. The van der Waals surface area contributed by atoms with Crippen molar-refractivity contribution in [3.8, 4) is 0 Å². The molecule has 1 aliphatic carbocycles. The number of halogens is 1. The van der Waals surface area contributed by atoms with Gasteiger partial charge in [0, 0.05) is 5.54 Å². The van der Waals surface area contributed by atoms with Gasteiger partial charge in [-0.3, -0.25) is 0 Å². The average Bonchev–Trinajstić information content (AvgIpc) is 2.98. The first-order chi connectivity index (χ1) is 6.98. The summed E-state index contributed by atoms with van der Waals surface area (Å²) >= 11 is 0. The van der Waals surface area contributed by atoms with Crippen LogP contribution in [0.25, 0.3) is 0 Å². The van der Waals surface area contributed by atoms with Crippen LogP contribution in [-0.2, 0) is 15.4 Å². The molecule has 1 aliphatic rings. The van der Waals surface area contributed by atoms with Gasteiger partial charge in [0.2, 0.25) is 9.84 Å². The van der Waals surface area contributed by atoms with Crippen molar-refractivity contribution in [2.24, 2.45) is 5.73 Å². The molecule has 0 amide bonds. The summed E-state index contributed by atoms with van der Waals surface area (Å²) in [6, 6.07) is 4.79. The number of nitrogens with two attached hydrogens (primary N) is 1. The Bertz CT molecular complexity index is 463. The van der Waals surface area contributed by atoms with Gasteiger partial charge >= 0.3 is 0 Å². The number of rotatable bonds is 3. The predicted molar refractivity (Wildman–Crippen MR) is 54.7 cm³/mol. The maximum atomic E-state index is 12.2. The van der Waals surface area contributed by atoms with Crippen molar-refractivity contribution in [2.45, 2.75) is 23.3 Å². The Balaban J connectivity index is 2.33. The first kappa shape index (κ1) is 10.6. The van der Waals surface area contributed by atoms with Gasteiger partial charge < -0.3 is 5.73 Å². The van der Waals surface area contributed by atoms with Crippen molar-refractivity contribution < 1.29 is 12.8 Å². The van der Waals surface area contributed by atoms with Crippen molar-refractivity contribution in [3.05, 3.63) is 29.8 Å². The molecule has 1 saturated carbocycles. The highest BCUT2D eigenvalue weighted by Gasteiger charge is 2.39. The van der Waals surface area contributed by atoms with E-state index in [4.69, 9.17) is 5.73 Å². The van der Waals surface area contributed by atoms with Gasteiger partial charge in [-0.15, -0.1) is 0 Å². The van der Waals surface area contributed by atoms with E-state index in [9.17, 15) is 12.8 Å². The third-order valence-corrected chi connectivity index (χ3v) is 4.00. The summed E-state index contributed by atoms with van der Waals surface area (Å²) in [5.41, 5.74) is 6.57. The van der Waals surface area contributed by atoms with E-state index in [0.717, 1.165) is 18.4 Å². The quantitative estimate of drug-likeness (QED) is 0.850. The molecule has 1 aromatic rings. The van der Waals surface area contributed by atoms with Crippen molar-refractivity contribution >= 4 is 9.84 Å². The predicted octanol–water partition coefficient (Wildman–Crippen LogP) is 1.34. The molecule has 15 heavy (non-hydrogen) atoms. The summed E-state index contributed by atoms with van der Waals surface area (Å²) in [4.78, 5) is 0.0120. The molecular formula is C10H12FNO2S. The Morgan fingerprint density at radius 3 is 2.20 bits per heavy atom. The van der Waals surface area contributed by atoms with Crippen LogP contribution in [0.5, 0.6) is 0 Å². The van der Waals surface area contributed by atoms with Gasteiger partial charge in [0.05, 0.1) is 4.90 Å². The molecule has 0 spiro atoms. The number of alkyl halides is 1. The van der Waals surface area contributed by atoms with Crippen molar-refractivity contribution in [3.63, 3.8) is 0 Å². The Hall–Kier alpha value is -0.940. The second kappa shape index (κ2) is 3.28. The summed E-state index contributed by atoms with van der Waals surface area (Å²) in [5, 5.41) is 0. The van der Waals surface area contributed by atoms with Gasteiger partial charge in [0.1, 0.15) is 0 Å². The van der Waals surface area contributed by atoms with Gasteiger partial charge in [-0.05, 0) is 30.5 Å². The van der Waals surface area contributed by atoms with E-state index in [1.165, 1.54) is 12.1 Å². The van der Waals surface area contributed by atoms with E-state index in [-0.39, 0.29) is 10.4 Å². The molecule has 0 unspecified atom stereocenters. The lowest BCUT2D eigenvalue weighted by Crippen LogP contribution is -2.18. The van der Waals surface area contributed by atoms with Gasteiger partial charge in [-0.1, -0.05) is 12.1 Å². The second-order valence-corrected chi connectivity index (χ2v) is 5.82. The monoisotopic (exact) mass is 229 g/mol. The van der Waals surface area contributed by atoms with Crippen molar-refractivity contribution in [1.82, 2.24) is 0 Å². The smallest absolute Gasteiger partial charge is 0.207 e. The summed E-state index contributed by atoms with van der Waals surface area (Å²) in [6.45, 7) is 0. The largest absolute Gasteiger partial charge is 0.321 e. The SMILES string of the molecule is NC1(c2ccc(S(=O)(=O)CF)cc2)CC1. The summed E-state index contributed by atoms with van der Waals surface area (Å²) in [6.07, 6.45) is 1.84. The lowest BCUT2D eigenvalue weighted by molar-refractivity contribution is 0.534. The van der Waals surface area contributed by atoms with E-state index in [1.807, 2.05) is 0 Å². The fraction of sp³-hybridized carbons (Fsp3) is 0.400. The summed E-state index contributed by atoms with van der Waals surface area (Å²) < 4.78 is 34.5. The molecule has 0 saturated heterocycles. The topological polar surface area (TPSA) is 60.2 Å². The molecule has 0 atom stereocenters. The van der Waals surface area contributed by atoms with E-state index in [2.05, 4.69) is 0 Å². The fourth-order valence-electron chi connectivity index (χ4n) is 1.48. The molecule has 0 bridgehead atoms. The van der Waals surface area contributed by atoms with Crippen molar-refractivity contribution in [2.75, 3.05) is 6.01 Å². The molecule has 2 N–H and O–H groups in total. The Morgan fingerprint density at radius 2 is 1.80 bits per heavy atom. The number of benzene rings is 1. The van der Waals surface area contributed by atoms with Crippen LogP contribution in [0, 0.1) is 0 Å². The van der Waals surface area contributed by atoms with Crippen LogP contribution in [0.2, 0.25) is 0 Å². The maximum Gasteiger partial charge on any atom is 0.207 e. The van der Waals surface area contributed by atoms with Crippen LogP contribution >= 0.6 is 0 Å². The van der Waals surface area contributed by atoms with Crippen LogP contribution in [0.15, 0.2) is 29.2 Å². The van der Waals surface area contributed by atoms with Crippen LogP contribution in [0.4, 0.5) is 4.39 Å². The lowest BCUT2D eigenvalue weighted by atomic mass is 10.1. The minimum Gasteiger partial charge on any atom is -0.321 e. The van der Waals surface area contributed by atoms with Crippen LogP contribution in [0.3, 0.4) is 0 Å². The minimum atomic E-state index is -3.75. The van der Waals surface area contributed by atoms with Crippen LogP contribution in [0.1, 0.15) is 18.4 Å². The Labute approximate surface area is 88.0 Å². The molecule has 2 rings (SSSR count). The van der Waals surface area contributed by atoms with Gasteiger partial charge in [0.15, 0.2) is 6.01 Å². The minimum absolute atomic E-state index is 0.0120. The van der Waals surface area contributed by atoms with Crippen molar-refractivity contribution in [1.29, 1.82) is 0 Å². The van der Waals surface area contributed by atoms with E-state index >= 15 is 0 Å². The van der Waals surface area contributed by atoms with Gasteiger partial charge in [-0.2, -0.15) is 0 Å². The number of hydrogen-bond acceptors (Lipinski definition) is 3. The standard InChI is InChI=1S/C10H12FNO2S/c11-7-15(13,14)9-3-1-8(2-4-9)10(12)5-6-10/h1-4H,5-7,12H2. The molecule has 5 heteroatoms. The molecule has 0 heterocycles. The first-order valence-electron chi connectivity index (χ1n) is 4.66. The number of hydrogen-bond donors (Lipinski definition) is 1. The fourth-order valence-corrected chi connectivity index (χ4v) is 2.16. The summed E-state index contributed by atoms with van der Waals surface area (Å²) in [5.74, 6) is 0. The highest BCUT2D eigenvalue weighted by atomic mass is 32.2. The Morgan fingerprint density at radius 1 is 1.27 bits per heavy atom. The molecule has 0 aromatic heterocycles. The maximum absolute atomic E-state index is 12.2. The normalized spacial score (nSPS) is 18.8. The lowest BCUT2D eigenvalue weighted by Gasteiger charge is -2.09. The Kier molecular flexibility index (Phi) is 2.31. The zero-order chi connectivity index (χ0) is 11.1. The molecule has 3 nitrogen and oxygen atoms in total. The van der Waals surface area contributed by atoms with Crippen LogP contribution in [-0.4, -0.2) is 14.4 Å². The highest BCUT2D eigenvalue weighted by Crippen LogP contribution is 2.42. The third-order valence-electron chi connectivity index (χ3n) is 2.72. The zero-order valence-electron chi connectivity index (χ0n) is 8.11. The van der Waals surface area contributed by atoms with Gasteiger partial charge in [0.25, 0.3) is 0 Å². The molecule has 1 fully saturated rings. The molecule has 0 aliphatic heterocycles. The van der Waals surface area contributed by atoms with E-state index in [1.54, 1.807) is 12.1 Å². The first-order valence-corrected chi connectivity index (χ1v) is 6.31. The highest BCUT2D eigenvalue weighted by molar-refractivity contribution is 7.91. The zero-order valence-corrected chi connectivity index (χ0v) is 8.93. The summed E-state index contributed by atoms with van der Waals surface area (Å²) in [7, 11) is -3.75. The average molecular weight is 229 g/mol. The molecular weight excluding hydrogens is 217 g/mol. The molecule has 1 aromatic carbocycles. The molecule has 82 valence electrons. The van der Waals surface area contributed by atoms with E-state index < -0.39 is 15.8 Å². The third kappa shape index (κ3) is 1.89. The molecule has 0 radical (unpaired) electrons. The van der Waals surface area contributed by atoms with E-state index in [0.29, 0.717) is 0 Å². The second-order valence-electron chi connectivity index (χ2n) is 3.90.